The Labute approximate surface area is 239 Å². The van der Waals surface area contributed by atoms with Crippen molar-refractivity contribution in [3.63, 3.8) is 0 Å². The van der Waals surface area contributed by atoms with Crippen LogP contribution in [0, 0.1) is 0 Å². The first-order chi connectivity index (χ1) is 19.7. The Morgan fingerprint density at radius 3 is 2.15 bits per heavy atom. The van der Waals surface area contributed by atoms with Gasteiger partial charge in [0.25, 0.3) is 5.56 Å². The van der Waals surface area contributed by atoms with Crippen molar-refractivity contribution in [1.82, 2.24) is 4.57 Å². The van der Waals surface area contributed by atoms with E-state index < -0.39 is 17.4 Å². The van der Waals surface area contributed by atoms with Gasteiger partial charge in [-0.2, -0.15) is 0 Å². The molecule has 4 aromatic carbocycles. The van der Waals surface area contributed by atoms with Gasteiger partial charge in [0.1, 0.15) is 11.3 Å². The van der Waals surface area contributed by atoms with E-state index in [4.69, 9.17) is 11.6 Å². The first-order valence-electron chi connectivity index (χ1n) is 12.9. The zero-order chi connectivity index (χ0) is 28.8. The number of anilines is 1. The summed E-state index contributed by atoms with van der Waals surface area (Å²) in [5, 5.41) is 15.2. The Hall–Kier alpha value is -5.01. The highest BCUT2D eigenvalue weighted by Gasteiger charge is 2.30. The number of halogens is 1. The highest BCUT2D eigenvalue weighted by atomic mass is 35.5. The smallest absolute Gasteiger partial charge is 0.265 e. The van der Waals surface area contributed by atoms with Crippen LogP contribution in [0.5, 0.6) is 5.75 Å². The third-order valence-electron chi connectivity index (χ3n) is 7.48. The molecule has 1 aliphatic carbocycles. The first-order valence-corrected chi connectivity index (χ1v) is 13.3. The number of benzene rings is 4. The maximum Gasteiger partial charge on any atom is 0.265 e. The van der Waals surface area contributed by atoms with E-state index in [-0.39, 0.29) is 34.9 Å². The van der Waals surface area contributed by atoms with Crippen molar-refractivity contribution in [2.75, 3.05) is 5.32 Å². The van der Waals surface area contributed by atoms with E-state index in [1.54, 1.807) is 98.0 Å². The average Bonchev–Trinajstić information content (AvgIpc) is 2.99. The van der Waals surface area contributed by atoms with Crippen molar-refractivity contribution in [2.45, 2.75) is 12.5 Å². The second-order valence-electron chi connectivity index (χ2n) is 9.94. The first kappa shape index (κ1) is 26.2. The summed E-state index contributed by atoms with van der Waals surface area (Å²) in [6.45, 7) is 0. The Kier molecular flexibility index (Phi) is 6.52. The number of fused-ring (bicyclic) bond motifs is 3. The standard InChI is InChI=1S/C33H23ClN2O5/c1-36-27-9-5-4-8-24(27)32(40)29(33(36)41)28(37)17-26(18-10-12-19(34)13-11-18)35-20-14-15-23-25(16-20)31(39)22-7-3-2-6-21(22)30(23)38/h2-16,26,35,40H,17H2,1H3/t26-/m1/s1. The fourth-order valence-electron chi connectivity index (χ4n) is 5.36. The van der Waals surface area contributed by atoms with E-state index in [2.05, 4.69) is 5.32 Å². The molecule has 2 N–H and O–H groups in total. The molecule has 5 aromatic rings. The van der Waals surface area contributed by atoms with Crippen molar-refractivity contribution in [3.05, 3.63) is 140 Å². The number of aromatic hydroxyl groups is 1. The van der Waals surface area contributed by atoms with E-state index in [0.717, 1.165) is 0 Å². The molecule has 6 rings (SSSR count). The summed E-state index contributed by atoms with van der Waals surface area (Å²) < 4.78 is 1.34. The maximum absolute atomic E-state index is 13.6. The lowest BCUT2D eigenvalue weighted by Crippen LogP contribution is -2.27. The second kappa shape index (κ2) is 10.2. The third kappa shape index (κ3) is 4.50. The van der Waals surface area contributed by atoms with Crippen molar-refractivity contribution >= 4 is 45.5 Å². The molecule has 1 heterocycles. The van der Waals surface area contributed by atoms with Gasteiger partial charge in [0.2, 0.25) is 0 Å². The third-order valence-corrected chi connectivity index (χ3v) is 7.73. The van der Waals surface area contributed by atoms with Crippen LogP contribution in [0.1, 0.15) is 60.2 Å². The van der Waals surface area contributed by atoms with Crippen LogP contribution in [0.2, 0.25) is 5.02 Å². The molecule has 8 heteroatoms. The number of Topliss-reactive ketones (excluding diaryl/α,β-unsaturated/α-hetero) is 1. The van der Waals surface area contributed by atoms with Gasteiger partial charge in [-0.05, 0) is 48.0 Å². The number of carbonyl (C=O) groups is 3. The van der Waals surface area contributed by atoms with Gasteiger partial charge >= 0.3 is 0 Å². The number of hydrogen-bond acceptors (Lipinski definition) is 6. The molecule has 0 aliphatic heterocycles. The minimum atomic E-state index is -0.657. The zero-order valence-corrected chi connectivity index (χ0v) is 22.6. The van der Waals surface area contributed by atoms with Crippen LogP contribution >= 0.6 is 11.6 Å². The van der Waals surface area contributed by atoms with Gasteiger partial charge in [-0.1, -0.05) is 60.1 Å². The quantitative estimate of drug-likeness (QED) is 0.238. The van der Waals surface area contributed by atoms with E-state index >= 15 is 0 Å². The molecule has 0 saturated heterocycles. The molecule has 1 aliphatic rings. The Bertz CT molecular complexity index is 1960. The Morgan fingerprint density at radius 1 is 0.829 bits per heavy atom. The van der Waals surface area contributed by atoms with Crippen LogP contribution in [-0.4, -0.2) is 27.0 Å². The molecule has 41 heavy (non-hydrogen) atoms. The van der Waals surface area contributed by atoms with Crippen LogP contribution in [0.3, 0.4) is 0 Å². The monoisotopic (exact) mass is 562 g/mol. The second-order valence-corrected chi connectivity index (χ2v) is 10.4. The molecule has 1 aromatic heterocycles. The number of rotatable bonds is 6. The number of ketones is 3. The number of nitrogens with one attached hydrogen (secondary N) is 1. The van der Waals surface area contributed by atoms with Gasteiger partial charge in [-0.3, -0.25) is 19.2 Å². The minimum Gasteiger partial charge on any atom is -0.506 e. The lowest BCUT2D eigenvalue weighted by Gasteiger charge is -2.23. The number of nitrogens with zero attached hydrogens (tertiary/aromatic N) is 1. The van der Waals surface area contributed by atoms with Crippen LogP contribution in [0.4, 0.5) is 5.69 Å². The summed E-state index contributed by atoms with van der Waals surface area (Å²) >= 11 is 6.11. The average molecular weight is 563 g/mol. The molecule has 0 spiro atoms. The molecular weight excluding hydrogens is 540 g/mol. The molecule has 0 fully saturated rings. The Morgan fingerprint density at radius 2 is 1.44 bits per heavy atom. The summed E-state index contributed by atoms with van der Waals surface area (Å²) in [7, 11) is 1.55. The van der Waals surface area contributed by atoms with E-state index in [1.165, 1.54) is 4.57 Å². The topological polar surface area (TPSA) is 105 Å². The summed E-state index contributed by atoms with van der Waals surface area (Å²) in [6.07, 6.45) is -0.185. The molecule has 0 amide bonds. The number of aryl methyl sites for hydroxylation is 1. The predicted molar refractivity (Wildman–Crippen MR) is 157 cm³/mol. The Balaban J connectivity index is 1.38. The number of pyridine rings is 1. The normalized spacial score (nSPS) is 13.0. The summed E-state index contributed by atoms with van der Waals surface area (Å²) in [5.74, 6) is -1.41. The molecular formula is C33H23ClN2O5. The van der Waals surface area contributed by atoms with E-state index in [0.29, 0.717) is 43.9 Å². The van der Waals surface area contributed by atoms with Gasteiger partial charge in [0, 0.05) is 51.8 Å². The number of carbonyl (C=O) groups excluding carboxylic acids is 3. The van der Waals surface area contributed by atoms with Crippen LogP contribution in [0.15, 0.2) is 95.8 Å². The number of aromatic nitrogens is 1. The largest absolute Gasteiger partial charge is 0.506 e. The zero-order valence-electron chi connectivity index (χ0n) is 21.9. The van der Waals surface area contributed by atoms with Gasteiger partial charge in [-0.15, -0.1) is 0 Å². The van der Waals surface area contributed by atoms with E-state index in [9.17, 15) is 24.3 Å². The van der Waals surface area contributed by atoms with Gasteiger partial charge in [0.05, 0.1) is 11.6 Å². The minimum absolute atomic E-state index is 0.185. The number of hydrogen-bond donors (Lipinski definition) is 2. The van der Waals surface area contributed by atoms with Crippen LogP contribution < -0.4 is 10.9 Å². The van der Waals surface area contributed by atoms with Crippen molar-refractivity contribution in [2.24, 2.45) is 7.05 Å². The summed E-state index contributed by atoms with van der Waals surface area (Å²) in [6, 6.07) is 24.6. The van der Waals surface area contributed by atoms with Gasteiger partial charge in [-0.25, -0.2) is 0 Å². The maximum atomic E-state index is 13.6. The SMILES string of the molecule is Cn1c(=O)c(C(=O)C[C@@H](Nc2ccc3c(c2)C(=O)c2ccccc2C3=O)c2ccc(Cl)cc2)c(O)c2ccccc21. The lowest BCUT2D eigenvalue weighted by molar-refractivity contribution is 0.0971. The van der Waals surface area contributed by atoms with E-state index in [1.807, 2.05) is 0 Å². The highest BCUT2D eigenvalue weighted by molar-refractivity contribution is 6.30. The number of para-hydroxylation sites is 1. The molecule has 7 nitrogen and oxygen atoms in total. The fourth-order valence-corrected chi connectivity index (χ4v) is 5.48. The molecule has 0 saturated carbocycles. The van der Waals surface area contributed by atoms with Crippen molar-refractivity contribution in [1.29, 1.82) is 0 Å². The van der Waals surface area contributed by atoms with Crippen LogP contribution in [0.25, 0.3) is 10.9 Å². The van der Waals surface area contributed by atoms with Gasteiger partial charge < -0.3 is 15.0 Å². The fraction of sp³-hybridized carbons (Fsp3) is 0.0909. The predicted octanol–water partition coefficient (Wildman–Crippen LogP) is 6.10. The molecule has 0 bridgehead atoms. The highest BCUT2D eigenvalue weighted by Crippen LogP contribution is 2.33. The lowest BCUT2D eigenvalue weighted by atomic mass is 9.84. The van der Waals surface area contributed by atoms with Crippen molar-refractivity contribution in [3.8, 4) is 5.75 Å². The van der Waals surface area contributed by atoms with Crippen LogP contribution in [-0.2, 0) is 7.05 Å². The molecule has 0 unspecified atom stereocenters. The summed E-state index contributed by atoms with van der Waals surface area (Å²) in [4.78, 5) is 53.1. The molecule has 0 radical (unpaired) electrons. The molecule has 202 valence electrons. The molecule has 1 atom stereocenters. The van der Waals surface area contributed by atoms with Crippen molar-refractivity contribution < 1.29 is 19.5 Å². The summed E-state index contributed by atoms with van der Waals surface area (Å²) in [5.41, 5.74) is 2.10. The van der Waals surface area contributed by atoms with Gasteiger partial charge in [0.15, 0.2) is 17.3 Å².